The average molecular weight is 720 g/mol. The number of anilines is 3. The summed E-state index contributed by atoms with van der Waals surface area (Å²) in [6.45, 7) is 0. The maximum Gasteiger partial charge on any atom is 0.136 e. The van der Waals surface area contributed by atoms with E-state index in [-0.39, 0.29) is 0 Å². The summed E-state index contributed by atoms with van der Waals surface area (Å²) < 4.78 is 8.90. The first kappa shape index (κ1) is 31.6. The van der Waals surface area contributed by atoms with Crippen LogP contribution in [0.1, 0.15) is 0 Å². The maximum atomic E-state index is 6.34. The lowest BCUT2D eigenvalue weighted by Crippen LogP contribution is -2.11. The molecule has 0 N–H and O–H groups in total. The Bertz CT molecular complexity index is 3220. The molecule has 258 valence electrons. The van der Waals surface area contributed by atoms with Crippen LogP contribution in [0.5, 0.6) is 0 Å². The molecule has 3 heteroatoms. The molecule has 0 saturated heterocycles. The van der Waals surface area contributed by atoms with E-state index in [1.807, 2.05) is 17.4 Å². The Kier molecular flexibility index (Phi) is 7.39. The van der Waals surface area contributed by atoms with Crippen LogP contribution < -0.4 is 4.90 Å². The van der Waals surface area contributed by atoms with E-state index in [4.69, 9.17) is 4.42 Å². The van der Waals surface area contributed by atoms with Gasteiger partial charge in [-0.3, -0.25) is 0 Å². The van der Waals surface area contributed by atoms with Crippen molar-refractivity contribution in [2.24, 2.45) is 0 Å². The van der Waals surface area contributed by atoms with Gasteiger partial charge in [-0.15, -0.1) is 11.3 Å². The van der Waals surface area contributed by atoms with Gasteiger partial charge in [0.25, 0.3) is 0 Å². The number of fused-ring (bicyclic) bond motifs is 7. The van der Waals surface area contributed by atoms with E-state index in [1.54, 1.807) is 0 Å². The number of furan rings is 1. The monoisotopic (exact) mass is 719 g/mol. The van der Waals surface area contributed by atoms with Gasteiger partial charge in [-0.2, -0.15) is 0 Å². The van der Waals surface area contributed by atoms with Crippen molar-refractivity contribution in [3.63, 3.8) is 0 Å². The standard InChI is InChI=1S/C52H33NOS/c1-2-13-35(14-3-1)42-29-27-37(41-22-11-16-34-15-4-5-19-40(34)41)32-47(42)53(39-28-30-45-44-20-7-9-26-50(44)55-51(45)33-39)38-18-10-17-36(31-38)43-23-12-25-49-52(43)46-21-6-8-24-48(46)54-49/h1-33H. The highest BCUT2D eigenvalue weighted by atomic mass is 32.1. The molecule has 0 amide bonds. The van der Waals surface area contributed by atoms with Gasteiger partial charge in [-0.1, -0.05) is 152 Å². The van der Waals surface area contributed by atoms with Gasteiger partial charge in [0.2, 0.25) is 0 Å². The van der Waals surface area contributed by atoms with Gasteiger partial charge in [0.15, 0.2) is 0 Å². The minimum atomic E-state index is 0.894. The zero-order valence-corrected chi connectivity index (χ0v) is 30.6. The molecule has 55 heavy (non-hydrogen) atoms. The van der Waals surface area contributed by atoms with Crippen molar-refractivity contribution in [3.8, 4) is 33.4 Å². The van der Waals surface area contributed by atoms with E-state index in [9.17, 15) is 0 Å². The fourth-order valence-corrected chi connectivity index (χ4v) is 9.47. The molecule has 0 aliphatic rings. The molecule has 0 radical (unpaired) electrons. The minimum absolute atomic E-state index is 0.894. The quantitative estimate of drug-likeness (QED) is 0.170. The van der Waals surface area contributed by atoms with Crippen LogP contribution in [0.3, 0.4) is 0 Å². The molecule has 0 unspecified atom stereocenters. The maximum absolute atomic E-state index is 6.34. The summed E-state index contributed by atoms with van der Waals surface area (Å²) in [7, 11) is 0. The summed E-state index contributed by atoms with van der Waals surface area (Å²) in [4.78, 5) is 2.46. The van der Waals surface area contributed by atoms with Crippen molar-refractivity contribution in [3.05, 3.63) is 200 Å². The smallest absolute Gasteiger partial charge is 0.136 e. The molecule has 0 spiro atoms. The lowest BCUT2D eigenvalue weighted by atomic mass is 9.93. The Hall–Kier alpha value is -6.94. The Morgan fingerprint density at radius 1 is 0.364 bits per heavy atom. The molecular weight excluding hydrogens is 687 g/mol. The average Bonchev–Trinajstić information content (AvgIpc) is 3.82. The number of rotatable bonds is 6. The third-order valence-corrected chi connectivity index (χ3v) is 12.0. The Labute approximate surface area is 322 Å². The number of nitrogens with zero attached hydrogens (tertiary/aromatic N) is 1. The lowest BCUT2D eigenvalue weighted by molar-refractivity contribution is 0.669. The van der Waals surface area contributed by atoms with Gasteiger partial charge in [0, 0.05) is 47.9 Å². The fraction of sp³-hybridized carbons (Fsp3) is 0. The van der Waals surface area contributed by atoms with Crippen molar-refractivity contribution in [1.29, 1.82) is 0 Å². The summed E-state index contributed by atoms with van der Waals surface area (Å²) in [6.07, 6.45) is 0. The van der Waals surface area contributed by atoms with E-state index < -0.39 is 0 Å². The first-order chi connectivity index (χ1) is 27.3. The van der Waals surface area contributed by atoms with Crippen molar-refractivity contribution in [1.82, 2.24) is 0 Å². The molecule has 0 atom stereocenters. The van der Waals surface area contributed by atoms with Gasteiger partial charge in [0.1, 0.15) is 11.2 Å². The van der Waals surface area contributed by atoms with Crippen LogP contribution in [0.2, 0.25) is 0 Å². The van der Waals surface area contributed by atoms with Gasteiger partial charge < -0.3 is 9.32 Å². The third-order valence-electron chi connectivity index (χ3n) is 10.9. The Morgan fingerprint density at radius 3 is 1.95 bits per heavy atom. The molecule has 11 aromatic rings. The van der Waals surface area contributed by atoms with Crippen LogP contribution in [-0.4, -0.2) is 0 Å². The SMILES string of the molecule is c1ccc(-c2ccc(-c3cccc4ccccc34)cc2N(c2cccc(-c3cccc4oc5ccccc5c34)c2)c2ccc3c(c2)sc2ccccc23)cc1. The second-order valence-corrected chi connectivity index (χ2v) is 15.1. The van der Waals surface area contributed by atoms with Crippen LogP contribution >= 0.6 is 11.3 Å². The summed E-state index contributed by atoms with van der Waals surface area (Å²) in [5.41, 5.74) is 12.1. The molecule has 9 aromatic carbocycles. The van der Waals surface area contributed by atoms with Crippen molar-refractivity contribution >= 4 is 81.3 Å². The number of para-hydroxylation sites is 1. The van der Waals surface area contributed by atoms with Crippen LogP contribution in [0.25, 0.3) is 86.3 Å². The molecule has 0 saturated carbocycles. The third kappa shape index (κ3) is 5.32. The molecular formula is C52H33NOS. The fourth-order valence-electron chi connectivity index (χ4n) is 8.33. The molecule has 2 heterocycles. The highest BCUT2D eigenvalue weighted by Gasteiger charge is 2.21. The van der Waals surface area contributed by atoms with E-state index in [0.717, 1.165) is 55.7 Å². The number of thiophene rings is 1. The first-order valence-electron chi connectivity index (χ1n) is 18.7. The molecule has 11 rings (SSSR count). The molecule has 0 fully saturated rings. The highest BCUT2D eigenvalue weighted by molar-refractivity contribution is 7.25. The molecule has 0 aliphatic carbocycles. The van der Waals surface area contributed by atoms with E-state index in [0.29, 0.717) is 0 Å². The molecule has 0 bridgehead atoms. The Morgan fingerprint density at radius 2 is 1.02 bits per heavy atom. The molecule has 0 aliphatic heterocycles. The lowest BCUT2D eigenvalue weighted by Gasteiger charge is -2.29. The normalized spacial score (nSPS) is 11.6. The molecule has 2 aromatic heterocycles. The largest absolute Gasteiger partial charge is 0.456 e. The van der Waals surface area contributed by atoms with E-state index >= 15 is 0 Å². The van der Waals surface area contributed by atoms with Crippen LogP contribution in [-0.2, 0) is 0 Å². The number of benzene rings is 9. The van der Waals surface area contributed by atoms with Crippen molar-refractivity contribution < 1.29 is 4.42 Å². The zero-order chi connectivity index (χ0) is 36.3. The summed E-state index contributed by atoms with van der Waals surface area (Å²) in [5.74, 6) is 0. The van der Waals surface area contributed by atoms with Gasteiger partial charge in [0.05, 0.1) is 5.69 Å². The summed E-state index contributed by atoms with van der Waals surface area (Å²) in [5, 5.41) is 7.31. The van der Waals surface area contributed by atoms with Gasteiger partial charge >= 0.3 is 0 Å². The van der Waals surface area contributed by atoms with E-state index in [1.165, 1.54) is 47.6 Å². The van der Waals surface area contributed by atoms with Crippen LogP contribution in [0.4, 0.5) is 17.1 Å². The zero-order valence-electron chi connectivity index (χ0n) is 29.8. The predicted octanol–water partition coefficient (Wildman–Crippen LogP) is 15.6. The summed E-state index contributed by atoms with van der Waals surface area (Å²) in [6, 6.07) is 72.4. The topological polar surface area (TPSA) is 16.4 Å². The van der Waals surface area contributed by atoms with Crippen molar-refractivity contribution in [2.45, 2.75) is 0 Å². The summed E-state index contributed by atoms with van der Waals surface area (Å²) >= 11 is 1.85. The van der Waals surface area contributed by atoms with Gasteiger partial charge in [-0.25, -0.2) is 0 Å². The second kappa shape index (κ2) is 12.9. The van der Waals surface area contributed by atoms with E-state index in [2.05, 4.69) is 199 Å². The second-order valence-electron chi connectivity index (χ2n) is 14.1. The van der Waals surface area contributed by atoms with Crippen LogP contribution in [0.15, 0.2) is 205 Å². The number of hydrogen-bond acceptors (Lipinski definition) is 3. The molecule has 2 nitrogen and oxygen atoms in total. The predicted molar refractivity (Wildman–Crippen MR) is 235 cm³/mol. The highest BCUT2D eigenvalue weighted by Crippen LogP contribution is 2.47. The van der Waals surface area contributed by atoms with Gasteiger partial charge in [-0.05, 0) is 87.1 Å². The van der Waals surface area contributed by atoms with Crippen LogP contribution in [0, 0.1) is 0 Å². The number of hydrogen-bond donors (Lipinski definition) is 0. The first-order valence-corrected chi connectivity index (χ1v) is 19.5. The van der Waals surface area contributed by atoms with Crippen molar-refractivity contribution in [2.75, 3.05) is 4.90 Å². The minimum Gasteiger partial charge on any atom is -0.456 e. The Balaban J connectivity index is 1.18.